The zero-order valence-electron chi connectivity index (χ0n) is 17.0. The van der Waals surface area contributed by atoms with Gasteiger partial charge < -0.3 is 24.0 Å². The highest BCUT2D eigenvalue weighted by Gasteiger charge is 2.28. The van der Waals surface area contributed by atoms with Crippen molar-refractivity contribution in [2.24, 2.45) is 0 Å². The van der Waals surface area contributed by atoms with Crippen molar-refractivity contribution in [3.63, 3.8) is 0 Å². The number of nitrogens with zero attached hydrogens (tertiary/aromatic N) is 5. The number of likely N-dealkylation sites (tertiary alicyclic amines) is 1. The van der Waals surface area contributed by atoms with Gasteiger partial charge in [-0.15, -0.1) is 0 Å². The monoisotopic (exact) mass is 383 g/mol. The molecule has 2 aromatic rings. The number of anilines is 1. The molecular weight excluding hydrogens is 354 g/mol. The Hall–Kier alpha value is -2.54. The Bertz CT molecular complexity index is 882. The fourth-order valence-electron chi connectivity index (χ4n) is 4.25. The van der Waals surface area contributed by atoms with Gasteiger partial charge in [-0.1, -0.05) is 0 Å². The van der Waals surface area contributed by atoms with Crippen LogP contribution in [0.1, 0.15) is 23.7 Å². The maximum Gasteiger partial charge on any atom is 0.255 e. The van der Waals surface area contributed by atoms with E-state index in [9.17, 15) is 9.59 Å². The molecule has 7 nitrogen and oxygen atoms in total. The third kappa shape index (κ3) is 3.46. The topological polar surface area (TPSA) is 51.5 Å². The van der Waals surface area contributed by atoms with Gasteiger partial charge in [0.1, 0.15) is 5.82 Å². The van der Waals surface area contributed by atoms with Crippen LogP contribution in [0.5, 0.6) is 0 Å². The quantitative estimate of drug-likeness (QED) is 0.804. The van der Waals surface area contributed by atoms with E-state index in [1.165, 1.54) is 0 Å². The molecule has 2 aliphatic heterocycles. The number of rotatable bonds is 3. The first-order chi connectivity index (χ1) is 13.4. The fraction of sp³-hybridized carbons (Fsp3) is 0.524. The summed E-state index contributed by atoms with van der Waals surface area (Å²) in [6.45, 7) is 6.31. The first-order valence-corrected chi connectivity index (χ1v) is 10.0. The average Bonchev–Trinajstić information content (AvgIpc) is 3.34. The van der Waals surface area contributed by atoms with Crippen molar-refractivity contribution in [2.45, 2.75) is 19.4 Å². The number of piperazine rings is 1. The van der Waals surface area contributed by atoms with Crippen molar-refractivity contribution < 1.29 is 9.59 Å². The molecule has 2 saturated heterocycles. The Balaban J connectivity index is 1.54. The highest BCUT2D eigenvalue weighted by Crippen LogP contribution is 2.23. The summed E-state index contributed by atoms with van der Waals surface area (Å²) in [6.07, 6.45) is 2.99. The van der Waals surface area contributed by atoms with Gasteiger partial charge in [0.2, 0.25) is 5.91 Å². The summed E-state index contributed by atoms with van der Waals surface area (Å²) >= 11 is 0. The van der Waals surface area contributed by atoms with Crippen LogP contribution in [0.2, 0.25) is 0 Å². The molecule has 2 aliphatic rings. The third-order valence-corrected chi connectivity index (χ3v) is 6.11. The summed E-state index contributed by atoms with van der Waals surface area (Å²) in [7, 11) is 4.14. The molecule has 7 heteroatoms. The standard InChI is InChI=1S/C21H29N5O2/c1-16(27)23-10-12-24(13-11-23)20-7-6-18-5-4-17(14-26(18)20)21(28)25-9-8-19(15-25)22(2)3/h4-7,14,19H,8-13,15H2,1-3H3. The van der Waals surface area contributed by atoms with Crippen LogP contribution in [0.25, 0.3) is 5.52 Å². The Morgan fingerprint density at radius 2 is 1.68 bits per heavy atom. The first kappa shape index (κ1) is 18.8. The molecule has 1 unspecified atom stereocenters. The summed E-state index contributed by atoms with van der Waals surface area (Å²) in [6, 6.07) is 8.57. The summed E-state index contributed by atoms with van der Waals surface area (Å²) in [5.74, 6) is 1.32. The average molecular weight is 383 g/mol. The molecule has 2 aromatic heterocycles. The highest BCUT2D eigenvalue weighted by atomic mass is 16.2. The molecule has 28 heavy (non-hydrogen) atoms. The molecule has 2 amide bonds. The lowest BCUT2D eigenvalue weighted by Crippen LogP contribution is -2.48. The van der Waals surface area contributed by atoms with E-state index in [1.807, 2.05) is 28.1 Å². The van der Waals surface area contributed by atoms with Gasteiger partial charge in [-0.25, -0.2) is 0 Å². The van der Waals surface area contributed by atoms with Crippen LogP contribution in [-0.4, -0.2) is 90.3 Å². The molecule has 4 heterocycles. The number of hydrogen-bond donors (Lipinski definition) is 0. The number of carbonyl (C=O) groups is 2. The lowest BCUT2D eigenvalue weighted by atomic mass is 10.2. The highest BCUT2D eigenvalue weighted by molar-refractivity contribution is 5.94. The van der Waals surface area contributed by atoms with Gasteiger partial charge in [-0.05, 0) is 44.8 Å². The van der Waals surface area contributed by atoms with Crippen LogP contribution in [0.4, 0.5) is 5.82 Å². The van der Waals surface area contributed by atoms with Crippen molar-refractivity contribution in [3.8, 4) is 0 Å². The molecule has 150 valence electrons. The van der Waals surface area contributed by atoms with Crippen LogP contribution in [0, 0.1) is 0 Å². The van der Waals surface area contributed by atoms with Crippen molar-refractivity contribution >= 4 is 23.1 Å². The minimum absolute atomic E-state index is 0.104. The lowest BCUT2D eigenvalue weighted by molar-refractivity contribution is -0.129. The Morgan fingerprint density at radius 1 is 0.964 bits per heavy atom. The van der Waals surface area contributed by atoms with Gasteiger partial charge in [-0.2, -0.15) is 0 Å². The Labute approximate surface area is 166 Å². The molecule has 0 aliphatic carbocycles. The second-order valence-corrected chi connectivity index (χ2v) is 8.05. The van der Waals surface area contributed by atoms with Crippen molar-refractivity contribution in [1.29, 1.82) is 0 Å². The van der Waals surface area contributed by atoms with Crippen LogP contribution in [0.15, 0.2) is 30.5 Å². The van der Waals surface area contributed by atoms with E-state index in [-0.39, 0.29) is 11.8 Å². The first-order valence-electron chi connectivity index (χ1n) is 10.0. The number of amides is 2. The lowest BCUT2D eigenvalue weighted by Gasteiger charge is -2.35. The predicted octanol–water partition coefficient (Wildman–Crippen LogP) is 1.38. The Morgan fingerprint density at radius 3 is 2.32 bits per heavy atom. The molecule has 0 spiro atoms. The summed E-state index contributed by atoms with van der Waals surface area (Å²) in [4.78, 5) is 32.9. The van der Waals surface area contributed by atoms with E-state index < -0.39 is 0 Å². The molecule has 1 atom stereocenters. The van der Waals surface area contributed by atoms with E-state index in [1.54, 1.807) is 6.92 Å². The predicted molar refractivity (Wildman–Crippen MR) is 110 cm³/mol. The van der Waals surface area contributed by atoms with E-state index >= 15 is 0 Å². The molecule has 4 rings (SSSR count). The molecule has 0 radical (unpaired) electrons. The van der Waals surface area contributed by atoms with E-state index in [0.29, 0.717) is 6.04 Å². The molecule has 0 bridgehead atoms. The second-order valence-electron chi connectivity index (χ2n) is 8.05. The Kier molecular flexibility index (Phi) is 5.02. The number of hydrogen-bond acceptors (Lipinski definition) is 4. The normalized spacial score (nSPS) is 20.4. The van der Waals surface area contributed by atoms with E-state index in [4.69, 9.17) is 0 Å². The van der Waals surface area contributed by atoms with E-state index in [2.05, 4.69) is 40.4 Å². The number of pyridine rings is 1. The minimum Gasteiger partial charge on any atom is -0.354 e. The van der Waals surface area contributed by atoms with Gasteiger partial charge in [0.15, 0.2) is 0 Å². The molecule has 0 N–H and O–H groups in total. The minimum atomic E-state index is 0.104. The maximum absolute atomic E-state index is 13.0. The molecule has 0 saturated carbocycles. The van der Waals surface area contributed by atoms with Crippen LogP contribution in [0.3, 0.4) is 0 Å². The zero-order valence-corrected chi connectivity index (χ0v) is 17.0. The van der Waals surface area contributed by atoms with Crippen LogP contribution < -0.4 is 4.90 Å². The summed E-state index contributed by atoms with van der Waals surface area (Å²) < 4.78 is 2.11. The maximum atomic E-state index is 13.0. The molecular formula is C21H29N5O2. The van der Waals surface area contributed by atoms with Crippen LogP contribution in [-0.2, 0) is 4.79 Å². The van der Waals surface area contributed by atoms with E-state index in [0.717, 1.165) is 62.6 Å². The number of carbonyl (C=O) groups excluding carboxylic acids is 2. The fourth-order valence-corrected chi connectivity index (χ4v) is 4.25. The van der Waals surface area contributed by atoms with Crippen molar-refractivity contribution in [1.82, 2.24) is 19.1 Å². The number of likely N-dealkylation sites (N-methyl/N-ethyl adjacent to an activating group) is 1. The number of fused-ring (bicyclic) bond motifs is 1. The van der Waals surface area contributed by atoms with Gasteiger partial charge in [0, 0.05) is 63.9 Å². The SMILES string of the molecule is CC(=O)N1CCN(c2ccc3ccc(C(=O)N4CCC(N(C)C)C4)cn23)CC1. The summed E-state index contributed by atoms with van der Waals surface area (Å²) in [5, 5.41) is 0. The molecule has 0 aromatic carbocycles. The zero-order chi connectivity index (χ0) is 19.8. The molecule has 2 fully saturated rings. The van der Waals surface area contributed by atoms with Gasteiger partial charge in [0.25, 0.3) is 5.91 Å². The third-order valence-electron chi connectivity index (χ3n) is 6.11. The van der Waals surface area contributed by atoms with Gasteiger partial charge >= 0.3 is 0 Å². The van der Waals surface area contributed by atoms with Crippen LogP contribution >= 0.6 is 0 Å². The van der Waals surface area contributed by atoms with Crippen molar-refractivity contribution in [2.75, 3.05) is 58.3 Å². The largest absolute Gasteiger partial charge is 0.354 e. The van der Waals surface area contributed by atoms with Gasteiger partial charge in [0.05, 0.1) is 5.56 Å². The second kappa shape index (κ2) is 7.47. The smallest absolute Gasteiger partial charge is 0.255 e. The van der Waals surface area contributed by atoms with Crippen molar-refractivity contribution in [3.05, 3.63) is 36.0 Å². The van der Waals surface area contributed by atoms with Gasteiger partial charge in [-0.3, -0.25) is 9.59 Å². The number of aromatic nitrogens is 1. The summed E-state index contributed by atoms with van der Waals surface area (Å²) in [5.41, 5.74) is 1.81.